The van der Waals surface area contributed by atoms with E-state index >= 15 is 0 Å². The summed E-state index contributed by atoms with van der Waals surface area (Å²) in [6, 6.07) is 5.70. The van der Waals surface area contributed by atoms with E-state index in [9.17, 15) is 4.79 Å². The van der Waals surface area contributed by atoms with Gasteiger partial charge < -0.3 is 9.47 Å². The molecule has 1 N–H and O–H groups in total. The minimum Gasteiger partial charge on any atom is -0.444 e. The van der Waals surface area contributed by atoms with Gasteiger partial charge in [-0.15, -0.1) is 0 Å². The number of benzene rings is 1. The first kappa shape index (κ1) is 15.8. The largest absolute Gasteiger partial charge is 0.444 e. The zero-order valence-corrected chi connectivity index (χ0v) is 13.8. The highest BCUT2D eigenvalue weighted by Crippen LogP contribution is 2.27. The molecule has 2 aromatic rings. The van der Waals surface area contributed by atoms with Gasteiger partial charge in [0, 0.05) is 17.7 Å². The summed E-state index contributed by atoms with van der Waals surface area (Å²) in [6.45, 7) is 6.29. The number of carbonyl (C=O) groups excluding carboxylic acids is 1. The maximum absolute atomic E-state index is 11.8. The van der Waals surface area contributed by atoms with Crippen LogP contribution in [0, 0.1) is 0 Å². The van der Waals surface area contributed by atoms with Gasteiger partial charge in [-0.3, -0.25) is 5.32 Å². The fourth-order valence-electron chi connectivity index (χ4n) is 2.70. The molecule has 0 aliphatic carbocycles. The fourth-order valence-corrected chi connectivity index (χ4v) is 2.70. The van der Waals surface area contributed by atoms with Crippen molar-refractivity contribution in [3.63, 3.8) is 0 Å². The first-order valence-corrected chi connectivity index (χ1v) is 8.01. The van der Waals surface area contributed by atoms with Crippen LogP contribution in [0.1, 0.15) is 46.3 Å². The van der Waals surface area contributed by atoms with Gasteiger partial charge in [-0.05, 0) is 58.2 Å². The van der Waals surface area contributed by atoms with E-state index in [0.717, 1.165) is 36.8 Å². The standard InChI is InChI=1S/C17H23N3O3/c1-17(2,3)23-16(21)19-13-7-8-14-12(10-13)11-18-20(14)15-6-4-5-9-22-15/h7-8,10-11,15H,4-6,9H2,1-3H3,(H,19,21). The predicted molar refractivity (Wildman–Crippen MR) is 88.4 cm³/mol. The second-order valence-corrected chi connectivity index (χ2v) is 6.81. The molecule has 1 aromatic carbocycles. The molecule has 1 saturated heterocycles. The molecule has 3 rings (SSSR count). The van der Waals surface area contributed by atoms with Crippen LogP contribution in [0.25, 0.3) is 10.9 Å². The number of rotatable bonds is 2. The molecule has 1 aliphatic rings. The Kier molecular flexibility index (Phi) is 4.26. The van der Waals surface area contributed by atoms with Gasteiger partial charge in [-0.2, -0.15) is 5.10 Å². The average Bonchev–Trinajstić information content (AvgIpc) is 2.89. The Morgan fingerprint density at radius 2 is 2.22 bits per heavy atom. The van der Waals surface area contributed by atoms with E-state index in [2.05, 4.69) is 10.4 Å². The number of nitrogens with zero attached hydrogens (tertiary/aromatic N) is 2. The molecule has 1 aliphatic heterocycles. The Hall–Kier alpha value is -2.08. The SMILES string of the molecule is CC(C)(C)OC(=O)Nc1ccc2c(cnn2C2CCCCO2)c1. The number of amides is 1. The van der Waals surface area contributed by atoms with Gasteiger partial charge >= 0.3 is 6.09 Å². The number of hydrogen-bond acceptors (Lipinski definition) is 4. The molecule has 1 fully saturated rings. The zero-order chi connectivity index (χ0) is 16.4. The van der Waals surface area contributed by atoms with Crippen LogP contribution in [0.5, 0.6) is 0 Å². The summed E-state index contributed by atoms with van der Waals surface area (Å²) in [6.07, 6.45) is 4.59. The molecule has 0 saturated carbocycles. The highest BCUT2D eigenvalue weighted by molar-refractivity contribution is 5.90. The molecule has 124 valence electrons. The lowest BCUT2D eigenvalue weighted by Gasteiger charge is -2.23. The van der Waals surface area contributed by atoms with Gasteiger partial charge in [0.05, 0.1) is 11.7 Å². The highest BCUT2D eigenvalue weighted by Gasteiger charge is 2.19. The van der Waals surface area contributed by atoms with E-state index in [1.54, 1.807) is 6.20 Å². The number of carbonyl (C=O) groups is 1. The summed E-state index contributed by atoms with van der Waals surface area (Å²) in [4.78, 5) is 11.8. The van der Waals surface area contributed by atoms with Crippen molar-refractivity contribution < 1.29 is 14.3 Å². The molecule has 0 spiro atoms. The van der Waals surface area contributed by atoms with E-state index in [4.69, 9.17) is 9.47 Å². The maximum atomic E-state index is 11.8. The van der Waals surface area contributed by atoms with Gasteiger partial charge in [-0.1, -0.05) is 0 Å². The summed E-state index contributed by atoms with van der Waals surface area (Å²) < 4.78 is 13.0. The van der Waals surface area contributed by atoms with Crippen LogP contribution < -0.4 is 5.32 Å². The maximum Gasteiger partial charge on any atom is 0.412 e. The number of anilines is 1. The van der Waals surface area contributed by atoms with E-state index < -0.39 is 11.7 Å². The Labute approximate surface area is 135 Å². The van der Waals surface area contributed by atoms with Crippen LogP contribution >= 0.6 is 0 Å². The minimum absolute atomic E-state index is 0.00548. The summed E-state index contributed by atoms with van der Waals surface area (Å²) in [5, 5.41) is 8.16. The van der Waals surface area contributed by atoms with Crippen LogP contribution in [-0.2, 0) is 9.47 Å². The molecule has 2 heterocycles. The van der Waals surface area contributed by atoms with Crippen LogP contribution in [-0.4, -0.2) is 28.1 Å². The number of ether oxygens (including phenoxy) is 2. The summed E-state index contributed by atoms with van der Waals surface area (Å²) in [5.41, 5.74) is 1.18. The molecule has 1 unspecified atom stereocenters. The van der Waals surface area contributed by atoms with Crippen molar-refractivity contribution in [3.05, 3.63) is 24.4 Å². The van der Waals surface area contributed by atoms with E-state index in [-0.39, 0.29) is 6.23 Å². The van der Waals surface area contributed by atoms with Crippen LogP contribution in [0.3, 0.4) is 0 Å². The van der Waals surface area contributed by atoms with Crippen molar-refractivity contribution in [3.8, 4) is 0 Å². The summed E-state index contributed by atoms with van der Waals surface area (Å²) >= 11 is 0. The highest BCUT2D eigenvalue weighted by atomic mass is 16.6. The lowest BCUT2D eigenvalue weighted by Crippen LogP contribution is -2.27. The van der Waals surface area contributed by atoms with Crippen molar-refractivity contribution in [1.82, 2.24) is 9.78 Å². The monoisotopic (exact) mass is 317 g/mol. The van der Waals surface area contributed by atoms with Crippen molar-refractivity contribution in [1.29, 1.82) is 0 Å². The molecular formula is C17H23N3O3. The number of aromatic nitrogens is 2. The molecule has 6 nitrogen and oxygen atoms in total. The minimum atomic E-state index is -0.516. The summed E-state index contributed by atoms with van der Waals surface area (Å²) in [5.74, 6) is 0. The molecular weight excluding hydrogens is 294 g/mol. The Balaban J connectivity index is 1.76. The first-order chi connectivity index (χ1) is 10.9. The Morgan fingerprint density at radius 3 is 2.91 bits per heavy atom. The van der Waals surface area contributed by atoms with Gasteiger partial charge in [0.2, 0.25) is 0 Å². The second-order valence-electron chi connectivity index (χ2n) is 6.81. The third-order valence-corrected chi connectivity index (χ3v) is 3.67. The normalized spacial score (nSPS) is 18.8. The van der Waals surface area contributed by atoms with E-state index in [1.807, 2.05) is 43.7 Å². The number of nitrogens with one attached hydrogen (secondary N) is 1. The van der Waals surface area contributed by atoms with Crippen molar-refractivity contribution in [2.24, 2.45) is 0 Å². The van der Waals surface area contributed by atoms with Gasteiger partial charge in [0.1, 0.15) is 5.60 Å². The Morgan fingerprint density at radius 1 is 1.39 bits per heavy atom. The third-order valence-electron chi connectivity index (χ3n) is 3.67. The predicted octanol–water partition coefficient (Wildman–Crippen LogP) is 4.08. The Bertz CT molecular complexity index is 697. The van der Waals surface area contributed by atoms with Gasteiger partial charge in [0.15, 0.2) is 6.23 Å². The lowest BCUT2D eigenvalue weighted by molar-refractivity contribution is -0.0366. The number of hydrogen-bond donors (Lipinski definition) is 1. The average molecular weight is 317 g/mol. The van der Waals surface area contributed by atoms with Crippen molar-refractivity contribution >= 4 is 22.7 Å². The van der Waals surface area contributed by atoms with E-state index in [0.29, 0.717) is 5.69 Å². The molecule has 0 radical (unpaired) electrons. The third kappa shape index (κ3) is 3.82. The quantitative estimate of drug-likeness (QED) is 0.906. The van der Waals surface area contributed by atoms with Crippen LogP contribution in [0.2, 0.25) is 0 Å². The lowest BCUT2D eigenvalue weighted by atomic mass is 10.2. The van der Waals surface area contributed by atoms with Crippen LogP contribution in [0.4, 0.5) is 10.5 Å². The van der Waals surface area contributed by atoms with Crippen molar-refractivity contribution in [2.45, 2.75) is 51.9 Å². The molecule has 23 heavy (non-hydrogen) atoms. The first-order valence-electron chi connectivity index (χ1n) is 8.01. The van der Waals surface area contributed by atoms with E-state index in [1.165, 1.54) is 0 Å². The fraction of sp³-hybridized carbons (Fsp3) is 0.529. The van der Waals surface area contributed by atoms with Crippen LogP contribution in [0.15, 0.2) is 24.4 Å². The molecule has 1 amide bonds. The topological polar surface area (TPSA) is 65.4 Å². The second kappa shape index (κ2) is 6.20. The molecule has 1 aromatic heterocycles. The van der Waals surface area contributed by atoms with Crippen molar-refractivity contribution in [2.75, 3.05) is 11.9 Å². The molecule has 0 bridgehead atoms. The summed E-state index contributed by atoms with van der Waals surface area (Å²) in [7, 11) is 0. The smallest absolute Gasteiger partial charge is 0.412 e. The number of fused-ring (bicyclic) bond motifs is 1. The van der Waals surface area contributed by atoms with Gasteiger partial charge in [0.25, 0.3) is 0 Å². The zero-order valence-electron chi connectivity index (χ0n) is 13.8. The molecule has 1 atom stereocenters. The molecule has 6 heteroatoms. The van der Waals surface area contributed by atoms with Gasteiger partial charge in [-0.25, -0.2) is 9.48 Å².